The number of carbonyl (C=O) groups is 1. The highest BCUT2D eigenvalue weighted by Crippen LogP contribution is 2.51. The first kappa shape index (κ1) is 17.0. The van der Waals surface area contributed by atoms with E-state index in [9.17, 15) is 14.7 Å². The van der Waals surface area contributed by atoms with Gasteiger partial charge in [-0.1, -0.05) is 36.4 Å². The van der Waals surface area contributed by atoms with Crippen LogP contribution < -0.4 is 5.56 Å². The number of pyridine rings is 1. The molecule has 1 aromatic carbocycles. The van der Waals surface area contributed by atoms with Crippen molar-refractivity contribution in [3.63, 3.8) is 0 Å². The van der Waals surface area contributed by atoms with Crippen LogP contribution in [-0.2, 0) is 17.8 Å². The summed E-state index contributed by atoms with van der Waals surface area (Å²) in [6.07, 6.45) is 5.17. The highest BCUT2D eigenvalue weighted by atomic mass is 16.3. The van der Waals surface area contributed by atoms with Crippen molar-refractivity contribution in [2.45, 2.75) is 44.3 Å². The fourth-order valence-corrected chi connectivity index (χ4v) is 4.90. The Hall–Kier alpha value is -2.40. The lowest BCUT2D eigenvalue weighted by Gasteiger charge is -2.36. The van der Waals surface area contributed by atoms with E-state index in [-0.39, 0.29) is 42.1 Å². The first-order chi connectivity index (χ1) is 12.6. The number of nitrogens with zero attached hydrogens (tertiary/aromatic N) is 2. The fourth-order valence-electron chi connectivity index (χ4n) is 4.90. The van der Waals surface area contributed by atoms with E-state index in [1.807, 2.05) is 23.1 Å². The van der Waals surface area contributed by atoms with Crippen LogP contribution in [0.1, 0.15) is 24.8 Å². The van der Waals surface area contributed by atoms with Gasteiger partial charge in [-0.15, -0.1) is 0 Å². The normalized spacial score (nSPS) is 27.0. The fraction of sp³-hybridized carbons (Fsp3) is 0.429. The van der Waals surface area contributed by atoms with Gasteiger partial charge in [0.2, 0.25) is 5.91 Å². The van der Waals surface area contributed by atoms with Gasteiger partial charge in [-0.25, -0.2) is 0 Å². The first-order valence-electron chi connectivity index (χ1n) is 9.24. The van der Waals surface area contributed by atoms with Crippen LogP contribution in [0.3, 0.4) is 0 Å². The molecule has 0 saturated carbocycles. The Kier molecular flexibility index (Phi) is 4.41. The maximum absolute atomic E-state index is 13.0. The molecule has 2 fully saturated rings. The molecule has 4 rings (SSSR count). The second-order valence-electron chi connectivity index (χ2n) is 7.60. The molecule has 1 N–H and O–H groups in total. The largest absolute Gasteiger partial charge is 0.396 e. The maximum Gasteiger partial charge on any atom is 0.250 e. The van der Waals surface area contributed by atoms with Gasteiger partial charge in [0.15, 0.2) is 0 Å². The molecule has 3 heterocycles. The van der Waals surface area contributed by atoms with E-state index in [4.69, 9.17) is 0 Å². The third-order valence-electron chi connectivity index (χ3n) is 6.06. The van der Waals surface area contributed by atoms with Crippen LogP contribution in [0.15, 0.2) is 59.5 Å². The van der Waals surface area contributed by atoms with Gasteiger partial charge in [0, 0.05) is 29.8 Å². The molecule has 3 atom stereocenters. The zero-order valence-electron chi connectivity index (χ0n) is 14.8. The van der Waals surface area contributed by atoms with Crippen molar-refractivity contribution in [2.75, 3.05) is 6.61 Å². The zero-order chi connectivity index (χ0) is 18.1. The van der Waals surface area contributed by atoms with E-state index in [0.29, 0.717) is 0 Å². The van der Waals surface area contributed by atoms with E-state index in [0.717, 1.165) is 25.7 Å². The molecule has 0 radical (unpaired) electrons. The number of aliphatic hydroxyl groups excluding tert-OH is 1. The number of aliphatic hydroxyl groups is 1. The molecule has 136 valence electrons. The van der Waals surface area contributed by atoms with Gasteiger partial charge in [0.25, 0.3) is 5.56 Å². The average Bonchev–Trinajstić information content (AvgIpc) is 3.21. The predicted octanol–water partition coefficient (Wildman–Crippen LogP) is 1.83. The molecular formula is C21H24N2O3. The number of carbonyl (C=O) groups excluding carboxylic acids is 1. The van der Waals surface area contributed by atoms with Crippen molar-refractivity contribution in [1.82, 2.24) is 9.47 Å². The lowest BCUT2D eigenvalue weighted by atomic mass is 9.70. The van der Waals surface area contributed by atoms with Gasteiger partial charge in [-0.3, -0.25) is 9.59 Å². The Bertz CT molecular complexity index is 848. The number of benzene rings is 1. The first-order valence-corrected chi connectivity index (χ1v) is 9.24. The minimum atomic E-state index is -0.276. The third-order valence-corrected chi connectivity index (χ3v) is 6.06. The van der Waals surface area contributed by atoms with E-state index in [1.165, 1.54) is 16.2 Å². The number of aromatic nitrogens is 1. The number of hydrogen-bond acceptors (Lipinski definition) is 3. The van der Waals surface area contributed by atoms with Gasteiger partial charge in [0.1, 0.15) is 6.54 Å². The van der Waals surface area contributed by atoms with Gasteiger partial charge in [-0.2, -0.15) is 0 Å². The van der Waals surface area contributed by atoms with Crippen molar-refractivity contribution in [3.05, 3.63) is 70.6 Å². The van der Waals surface area contributed by atoms with E-state index < -0.39 is 0 Å². The Balaban J connectivity index is 1.56. The summed E-state index contributed by atoms with van der Waals surface area (Å²) >= 11 is 0. The highest BCUT2D eigenvalue weighted by molar-refractivity contribution is 5.77. The SMILES string of the molecule is O=C(Cn1ccccc1=O)N1[C@H]2CC[C@@H]1[C@@](CO)(Cc1ccccc1)C2. The van der Waals surface area contributed by atoms with Crippen LogP contribution in [0, 0.1) is 5.41 Å². The van der Waals surface area contributed by atoms with Crippen LogP contribution in [0.4, 0.5) is 0 Å². The summed E-state index contributed by atoms with van der Waals surface area (Å²) in [5.41, 5.74) is 0.757. The minimum Gasteiger partial charge on any atom is -0.396 e. The topological polar surface area (TPSA) is 62.5 Å². The molecule has 5 heteroatoms. The van der Waals surface area contributed by atoms with Crippen molar-refractivity contribution in [1.29, 1.82) is 0 Å². The minimum absolute atomic E-state index is 0.0193. The smallest absolute Gasteiger partial charge is 0.250 e. The van der Waals surface area contributed by atoms with Gasteiger partial charge < -0.3 is 14.6 Å². The van der Waals surface area contributed by atoms with Crippen LogP contribution in [0.5, 0.6) is 0 Å². The van der Waals surface area contributed by atoms with Crippen molar-refractivity contribution in [2.24, 2.45) is 5.41 Å². The molecular weight excluding hydrogens is 328 g/mol. The summed E-state index contributed by atoms with van der Waals surface area (Å²) < 4.78 is 1.46. The van der Waals surface area contributed by atoms with Crippen molar-refractivity contribution in [3.8, 4) is 0 Å². The third kappa shape index (κ3) is 2.86. The Morgan fingerprint density at radius 3 is 2.62 bits per heavy atom. The van der Waals surface area contributed by atoms with Gasteiger partial charge >= 0.3 is 0 Å². The average molecular weight is 352 g/mol. The molecule has 0 unspecified atom stereocenters. The Labute approximate surface area is 152 Å². The van der Waals surface area contributed by atoms with E-state index in [2.05, 4.69) is 12.1 Å². The molecule has 2 saturated heterocycles. The van der Waals surface area contributed by atoms with Crippen LogP contribution in [0.25, 0.3) is 0 Å². The zero-order valence-corrected chi connectivity index (χ0v) is 14.8. The van der Waals surface area contributed by atoms with E-state index >= 15 is 0 Å². The second-order valence-corrected chi connectivity index (χ2v) is 7.60. The number of rotatable bonds is 5. The van der Waals surface area contributed by atoms with Crippen LogP contribution in [0.2, 0.25) is 0 Å². The molecule has 0 aliphatic carbocycles. The van der Waals surface area contributed by atoms with E-state index in [1.54, 1.807) is 18.3 Å². The monoisotopic (exact) mass is 352 g/mol. The number of fused-ring (bicyclic) bond motifs is 2. The summed E-state index contributed by atoms with van der Waals surface area (Å²) in [5.74, 6) is -0.0193. The Morgan fingerprint density at radius 1 is 1.12 bits per heavy atom. The highest BCUT2D eigenvalue weighted by Gasteiger charge is 2.56. The predicted molar refractivity (Wildman–Crippen MR) is 98.6 cm³/mol. The molecule has 5 nitrogen and oxygen atoms in total. The molecule has 2 aliphatic heterocycles. The standard InChI is InChI=1S/C21H24N2O3/c24-15-21(12-16-6-2-1-3-7-16)13-17-9-10-18(21)23(17)20(26)14-22-11-5-4-8-19(22)25/h1-8,11,17-18,24H,9-10,12-15H2/t17-,18+,21-/m0/s1. The Morgan fingerprint density at radius 2 is 1.88 bits per heavy atom. The second kappa shape index (κ2) is 6.72. The summed E-state index contributed by atoms with van der Waals surface area (Å²) in [6, 6.07) is 15.3. The lowest BCUT2D eigenvalue weighted by molar-refractivity contribution is -0.134. The number of hydrogen-bond donors (Lipinski definition) is 1. The lowest BCUT2D eigenvalue weighted by Crippen LogP contribution is -2.45. The van der Waals surface area contributed by atoms with Crippen LogP contribution in [-0.4, -0.2) is 39.2 Å². The molecule has 2 aromatic rings. The van der Waals surface area contributed by atoms with Crippen molar-refractivity contribution >= 4 is 5.91 Å². The maximum atomic E-state index is 13.0. The molecule has 1 aromatic heterocycles. The van der Waals surface area contributed by atoms with Gasteiger partial charge in [-0.05, 0) is 37.3 Å². The molecule has 26 heavy (non-hydrogen) atoms. The quantitative estimate of drug-likeness (QED) is 0.893. The van der Waals surface area contributed by atoms with Crippen molar-refractivity contribution < 1.29 is 9.90 Å². The summed E-state index contributed by atoms with van der Waals surface area (Å²) in [5, 5.41) is 10.2. The van der Waals surface area contributed by atoms with Gasteiger partial charge in [0.05, 0.1) is 6.61 Å². The molecule has 0 spiro atoms. The summed E-state index contributed by atoms with van der Waals surface area (Å²) in [4.78, 5) is 26.9. The summed E-state index contributed by atoms with van der Waals surface area (Å²) in [6.45, 7) is 0.150. The molecule has 2 bridgehead atoms. The molecule has 2 aliphatic rings. The molecule has 1 amide bonds. The summed E-state index contributed by atoms with van der Waals surface area (Å²) in [7, 11) is 0. The van der Waals surface area contributed by atoms with Crippen LogP contribution >= 0.6 is 0 Å². The number of amides is 1.